The molecule has 0 radical (unpaired) electrons. The lowest BCUT2D eigenvalue weighted by atomic mass is 10.0. The van der Waals surface area contributed by atoms with E-state index in [2.05, 4.69) is 32.9 Å². The predicted molar refractivity (Wildman–Crippen MR) is 130 cm³/mol. The Bertz CT molecular complexity index is 1710. The third kappa shape index (κ3) is 3.37. The first-order valence-corrected chi connectivity index (χ1v) is 11.1. The van der Waals surface area contributed by atoms with Gasteiger partial charge in [0.2, 0.25) is 5.43 Å². The Morgan fingerprint density at radius 3 is 2.64 bits per heavy atom. The molecule has 6 rings (SSSR count). The molecule has 0 bridgehead atoms. The van der Waals surface area contributed by atoms with Crippen LogP contribution in [0.5, 0.6) is 0 Å². The normalized spacial score (nSPS) is 11.3. The summed E-state index contributed by atoms with van der Waals surface area (Å²) in [5.41, 5.74) is 4.72. The summed E-state index contributed by atoms with van der Waals surface area (Å²) >= 11 is 1.64. The van der Waals surface area contributed by atoms with Crippen LogP contribution in [0.15, 0.2) is 78.4 Å². The number of hydrogen-bond donors (Lipinski definition) is 1. The van der Waals surface area contributed by atoms with E-state index in [0.717, 1.165) is 27.0 Å². The number of thiophene rings is 1. The number of aryl methyl sites for hydroxylation is 1. The molecule has 0 aliphatic heterocycles. The smallest absolute Gasteiger partial charge is 0.217 e. The van der Waals surface area contributed by atoms with E-state index < -0.39 is 0 Å². The van der Waals surface area contributed by atoms with Crippen molar-refractivity contribution in [3.63, 3.8) is 0 Å². The number of nitrogens with one attached hydrogen (secondary N) is 1. The van der Waals surface area contributed by atoms with Gasteiger partial charge in [-0.25, -0.2) is 19.9 Å². The SMILES string of the molecule is Cc1ccc(-c2nc3[nH]cc(-c4cncnc4)c(=O)c3nc2-c2ccc3ncccc3c2)s1. The second kappa shape index (κ2) is 7.68. The number of pyridine rings is 2. The lowest BCUT2D eigenvalue weighted by molar-refractivity contribution is 1.16. The Morgan fingerprint density at radius 1 is 0.939 bits per heavy atom. The van der Waals surface area contributed by atoms with Crippen LogP contribution in [0.2, 0.25) is 0 Å². The zero-order valence-corrected chi connectivity index (χ0v) is 18.3. The zero-order valence-electron chi connectivity index (χ0n) is 17.5. The van der Waals surface area contributed by atoms with E-state index in [-0.39, 0.29) is 10.9 Å². The molecule has 0 atom stereocenters. The molecule has 8 heteroatoms. The van der Waals surface area contributed by atoms with E-state index in [4.69, 9.17) is 9.97 Å². The van der Waals surface area contributed by atoms with Crippen molar-refractivity contribution < 1.29 is 0 Å². The van der Waals surface area contributed by atoms with E-state index in [1.54, 1.807) is 36.1 Å². The summed E-state index contributed by atoms with van der Waals surface area (Å²) in [6, 6.07) is 14.0. The van der Waals surface area contributed by atoms with Gasteiger partial charge in [-0.3, -0.25) is 9.78 Å². The Hall–Kier alpha value is -4.30. The Balaban J connectivity index is 1.65. The summed E-state index contributed by atoms with van der Waals surface area (Å²) in [6.07, 6.45) is 8.06. The second-order valence-electron chi connectivity index (χ2n) is 7.60. The van der Waals surface area contributed by atoms with Gasteiger partial charge in [-0.15, -0.1) is 11.3 Å². The van der Waals surface area contributed by atoms with Gasteiger partial charge in [0.15, 0.2) is 11.2 Å². The number of fused-ring (bicyclic) bond motifs is 2. The van der Waals surface area contributed by atoms with Gasteiger partial charge in [0.25, 0.3) is 0 Å². The van der Waals surface area contributed by atoms with Gasteiger partial charge in [0.1, 0.15) is 12.0 Å². The number of rotatable bonds is 3. The minimum absolute atomic E-state index is 0.219. The largest absolute Gasteiger partial charge is 0.344 e. The van der Waals surface area contributed by atoms with E-state index >= 15 is 0 Å². The summed E-state index contributed by atoms with van der Waals surface area (Å²) < 4.78 is 0. The molecule has 1 N–H and O–H groups in total. The van der Waals surface area contributed by atoms with Gasteiger partial charge in [-0.1, -0.05) is 12.1 Å². The van der Waals surface area contributed by atoms with Crippen LogP contribution < -0.4 is 5.43 Å². The maximum absolute atomic E-state index is 13.4. The molecule has 6 aromatic rings. The molecular formula is C25H16N6OS. The van der Waals surface area contributed by atoms with Crippen molar-refractivity contribution in [1.82, 2.24) is 29.9 Å². The highest BCUT2D eigenvalue weighted by molar-refractivity contribution is 7.15. The van der Waals surface area contributed by atoms with Gasteiger partial charge in [0, 0.05) is 46.2 Å². The predicted octanol–water partition coefficient (Wildman–Crippen LogP) is 5.03. The van der Waals surface area contributed by atoms with Gasteiger partial charge < -0.3 is 4.98 Å². The number of aromatic amines is 1. The van der Waals surface area contributed by atoms with Crippen LogP contribution in [0.4, 0.5) is 0 Å². The molecule has 0 amide bonds. The van der Waals surface area contributed by atoms with E-state index in [1.165, 1.54) is 11.2 Å². The van der Waals surface area contributed by atoms with Crippen molar-refractivity contribution in [3.05, 3.63) is 88.7 Å². The second-order valence-corrected chi connectivity index (χ2v) is 8.89. The lowest BCUT2D eigenvalue weighted by Crippen LogP contribution is -2.11. The van der Waals surface area contributed by atoms with Crippen LogP contribution in [0.1, 0.15) is 4.88 Å². The van der Waals surface area contributed by atoms with Crippen LogP contribution in [-0.2, 0) is 0 Å². The topological polar surface area (TPSA) is 97.3 Å². The first-order chi connectivity index (χ1) is 16.2. The van der Waals surface area contributed by atoms with Crippen LogP contribution >= 0.6 is 11.3 Å². The van der Waals surface area contributed by atoms with Crippen molar-refractivity contribution in [2.24, 2.45) is 0 Å². The summed E-state index contributed by atoms with van der Waals surface area (Å²) in [4.78, 5) is 40.9. The number of H-pyrrole nitrogens is 1. The highest BCUT2D eigenvalue weighted by Gasteiger charge is 2.18. The minimum Gasteiger partial charge on any atom is -0.344 e. The van der Waals surface area contributed by atoms with Crippen molar-refractivity contribution >= 4 is 33.4 Å². The third-order valence-electron chi connectivity index (χ3n) is 5.43. The van der Waals surface area contributed by atoms with E-state index in [9.17, 15) is 4.79 Å². The highest BCUT2D eigenvalue weighted by Crippen LogP contribution is 2.35. The lowest BCUT2D eigenvalue weighted by Gasteiger charge is -2.10. The fourth-order valence-corrected chi connectivity index (χ4v) is 4.70. The summed E-state index contributed by atoms with van der Waals surface area (Å²) in [5, 5.41) is 0.995. The number of hydrogen-bond acceptors (Lipinski definition) is 7. The highest BCUT2D eigenvalue weighted by atomic mass is 32.1. The molecule has 5 heterocycles. The molecule has 5 aromatic heterocycles. The van der Waals surface area contributed by atoms with Crippen LogP contribution in [0, 0.1) is 6.92 Å². The molecule has 0 fully saturated rings. The first kappa shape index (κ1) is 19.4. The Kier molecular flexibility index (Phi) is 4.51. The fourth-order valence-electron chi connectivity index (χ4n) is 3.84. The molecule has 1 aromatic carbocycles. The molecule has 158 valence electrons. The van der Waals surface area contributed by atoms with E-state index in [1.807, 2.05) is 36.4 Å². The molecule has 0 saturated heterocycles. The maximum atomic E-state index is 13.4. The monoisotopic (exact) mass is 448 g/mol. The maximum Gasteiger partial charge on any atom is 0.217 e. The van der Waals surface area contributed by atoms with E-state index in [0.29, 0.717) is 22.5 Å². The van der Waals surface area contributed by atoms with Gasteiger partial charge >= 0.3 is 0 Å². The first-order valence-electron chi connectivity index (χ1n) is 10.3. The fraction of sp³-hybridized carbons (Fsp3) is 0.0400. The summed E-state index contributed by atoms with van der Waals surface area (Å²) in [6.45, 7) is 2.06. The molecule has 0 unspecified atom stereocenters. The molecule has 0 aliphatic carbocycles. The van der Waals surface area contributed by atoms with Gasteiger partial charge in [0.05, 0.1) is 21.7 Å². The van der Waals surface area contributed by atoms with Gasteiger partial charge in [-0.2, -0.15) is 0 Å². The van der Waals surface area contributed by atoms with Crippen molar-refractivity contribution in [1.29, 1.82) is 0 Å². The molecule has 33 heavy (non-hydrogen) atoms. The Labute approximate surface area is 191 Å². The van der Waals surface area contributed by atoms with Crippen LogP contribution in [-0.4, -0.2) is 29.9 Å². The minimum atomic E-state index is -0.219. The van der Waals surface area contributed by atoms with Crippen molar-refractivity contribution in [2.75, 3.05) is 0 Å². The zero-order chi connectivity index (χ0) is 22.4. The standard InChI is InChI=1S/C25H16N6OS/c1-14-4-7-20(33-14)22-21(16-5-6-19-15(9-16)3-2-8-28-19)30-23-24(32)18(12-29-25(23)31-22)17-10-26-13-27-11-17/h2-13H,1H3,(H,29,31,32). The van der Waals surface area contributed by atoms with Crippen LogP contribution in [0.3, 0.4) is 0 Å². The average molecular weight is 449 g/mol. The molecule has 0 aliphatic rings. The third-order valence-corrected chi connectivity index (χ3v) is 6.44. The number of benzene rings is 1. The average Bonchev–Trinajstić information content (AvgIpc) is 3.30. The Morgan fingerprint density at radius 2 is 1.82 bits per heavy atom. The summed E-state index contributed by atoms with van der Waals surface area (Å²) in [7, 11) is 0. The van der Waals surface area contributed by atoms with Crippen LogP contribution in [0.25, 0.3) is 55.0 Å². The molecule has 0 spiro atoms. The number of aromatic nitrogens is 6. The summed E-state index contributed by atoms with van der Waals surface area (Å²) in [5.74, 6) is 0. The molecular weight excluding hydrogens is 432 g/mol. The molecule has 7 nitrogen and oxygen atoms in total. The number of nitrogens with zero attached hydrogens (tertiary/aromatic N) is 5. The molecule has 0 saturated carbocycles. The van der Waals surface area contributed by atoms with Crippen molar-refractivity contribution in [3.8, 4) is 33.0 Å². The van der Waals surface area contributed by atoms with Crippen molar-refractivity contribution in [2.45, 2.75) is 6.92 Å². The quantitative estimate of drug-likeness (QED) is 0.408. The van der Waals surface area contributed by atoms with Gasteiger partial charge in [-0.05, 0) is 37.3 Å².